The van der Waals surface area contributed by atoms with Crippen LogP contribution in [0.2, 0.25) is 0 Å². The molecule has 3 aromatic rings. The standard InChI is InChI=1S/C22H23N3O5S/c1-3-17-6-8-18(9-7-17)15-24(16-19-5-4-12-23-14-19)31(28,29)20-10-11-22(30-2)21(13-20)25(26)27/h4-14H,3,15-16H2,1-2H3. The molecule has 2 aromatic carbocycles. The van der Waals surface area contributed by atoms with Crippen LogP contribution in [0.25, 0.3) is 0 Å². The molecule has 0 unspecified atom stereocenters. The number of aryl methyl sites for hydroxylation is 1. The van der Waals surface area contributed by atoms with Crippen LogP contribution in [0.15, 0.2) is 71.9 Å². The minimum atomic E-state index is -4.05. The predicted octanol–water partition coefficient (Wildman–Crippen LogP) is 3.95. The highest BCUT2D eigenvalue weighted by atomic mass is 32.2. The van der Waals surface area contributed by atoms with E-state index in [0.29, 0.717) is 5.56 Å². The molecule has 0 saturated heterocycles. The van der Waals surface area contributed by atoms with Crippen molar-refractivity contribution in [2.24, 2.45) is 0 Å². The monoisotopic (exact) mass is 441 g/mol. The lowest BCUT2D eigenvalue weighted by Crippen LogP contribution is -2.30. The van der Waals surface area contributed by atoms with Gasteiger partial charge in [0.05, 0.1) is 16.9 Å². The maximum atomic E-state index is 13.5. The summed E-state index contributed by atoms with van der Waals surface area (Å²) in [6.07, 6.45) is 4.09. The smallest absolute Gasteiger partial charge is 0.312 e. The summed E-state index contributed by atoms with van der Waals surface area (Å²) in [5, 5.41) is 11.4. The number of methoxy groups -OCH3 is 1. The van der Waals surface area contributed by atoms with Crippen molar-refractivity contribution in [3.05, 3.63) is 93.8 Å². The summed E-state index contributed by atoms with van der Waals surface area (Å²) in [7, 11) is -2.75. The van der Waals surface area contributed by atoms with Crippen molar-refractivity contribution >= 4 is 15.7 Å². The average Bonchev–Trinajstić information content (AvgIpc) is 2.79. The van der Waals surface area contributed by atoms with E-state index >= 15 is 0 Å². The number of rotatable bonds is 9. The quantitative estimate of drug-likeness (QED) is 0.368. The lowest BCUT2D eigenvalue weighted by atomic mass is 10.1. The molecule has 1 heterocycles. The Morgan fingerprint density at radius 3 is 2.29 bits per heavy atom. The fourth-order valence-corrected chi connectivity index (χ4v) is 4.56. The summed E-state index contributed by atoms with van der Waals surface area (Å²) in [6.45, 7) is 2.23. The van der Waals surface area contributed by atoms with E-state index in [1.807, 2.05) is 31.2 Å². The van der Waals surface area contributed by atoms with Gasteiger partial charge >= 0.3 is 5.69 Å². The van der Waals surface area contributed by atoms with Crippen molar-refractivity contribution < 1.29 is 18.1 Å². The molecule has 8 nitrogen and oxygen atoms in total. The Balaban J connectivity index is 2.02. The highest BCUT2D eigenvalue weighted by Gasteiger charge is 2.28. The summed E-state index contributed by atoms with van der Waals surface area (Å²) >= 11 is 0. The number of pyridine rings is 1. The van der Waals surface area contributed by atoms with Gasteiger partial charge in [-0.05, 0) is 41.3 Å². The fourth-order valence-electron chi connectivity index (χ4n) is 3.13. The van der Waals surface area contributed by atoms with Gasteiger partial charge in [-0.3, -0.25) is 15.1 Å². The minimum Gasteiger partial charge on any atom is -0.490 e. The average molecular weight is 442 g/mol. The number of hydrogen-bond acceptors (Lipinski definition) is 6. The third kappa shape index (κ3) is 5.25. The summed E-state index contributed by atoms with van der Waals surface area (Å²) < 4.78 is 33.2. The Kier molecular flexibility index (Phi) is 6.98. The van der Waals surface area contributed by atoms with E-state index in [-0.39, 0.29) is 23.7 Å². The molecule has 0 aliphatic rings. The summed E-state index contributed by atoms with van der Waals surface area (Å²) in [6, 6.07) is 14.9. The van der Waals surface area contributed by atoms with Crippen LogP contribution in [-0.2, 0) is 29.5 Å². The Morgan fingerprint density at radius 2 is 1.71 bits per heavy atom. The number of sulfonamides is 1. The second-order valence-corrected chi connectivity index (χ2v) is 8.83. The molecule has 0 aliphatic carbocycles. The van der Waals surface area contributed by atoms with Gasteiger partial charge in [0, 0.05) is 31.5 Å². The van der Waals surface area contributed by atoms with Crippen molar-refractivity contribution in [3.8, 4) is 5.75 Å². The number of benzene rings is 2. The third-order valence-electron chi connectivity index (χ3n) is 4.86. The highest BCUT2D eigenvalue weighted by molar-refractivity contribution is 7.89. The van der Waals surface area contributed by atoms with E-state index in [9.17, 15) is 18.5 Å². The molecular formula is C22H23N3O5S. The van der Waals surface area contributed by atoms with E-state index in [2.05, 4.69) is 4.98 Å². The first-order chi connectivity index (χ1) is 14.8. The Morgan fingerprint density at radius 1 is 1.03 bits per heavy atom. The van der Waals surface area contributed by atoms with Crippen LogP contribution >= 0.6 is 0 Å². The highest BCUT2D eigenvalue weighted by Crippen LogP contribution is 2.31. The van der Waals surface area contributed by atoms with Crippen LogP contribution in [0.4, 0.5) is 5.69 Å². The molecule has 3 rings (SSSR count). The molecule has 0 fully saturated rings. The summed E-state index contributed by atoms with van der Waals surface area (Å²) in [5.41, 5.74) is 2.26. The van der Waals surface area contributed by atoms with Gasteiger partial charge in [-0.1, -0.05) is 37.3 Å². The molecule has 0 amide bonds. The molecule has 0 N–H and O–H groups in total. The van der Waals surface area contributed by atoms with Crippen molar-refractivity contribution in [1.29, 1.82) is 0 Å². The van der Waals surface area contributed by atoms with E-state index < -0.39 is 20.6 Å². The lowest BCUT2D eigenvalue weighted by Gasteiger charge is -2.22. The molecule has 9 heteroatoms. The maximum absolute atomic E-state index is 13.5. The molecule has 0 bridgehead atoms. The van der Waals surface area contributed by atoms with Crippen LogP contribution in [-0.4, -0.2) is 29.7 Å². The number of aromatic nitrogens is 1. The van der Waals surface area contributed by atoms with Gasteiger partial charge in [0.25, 0.3) is 0 Å². The molecule has 0 atom stereocenters. The number of nitro benzene ring substituents is 1. The maximum Gasteiger partial charge on any atom is 0.312 e. The van der Waals surface area contributed by atoms with Gasteiger partial charge in [-0.15, -0.1) is 0 Å². The Labute approximate surface area is 181 Å². The fraction of sp³-hybridized carbons (Fsp3) is 0.227. The second-order valence-electron chi connectivity index (χ2n) is 6.90. The van der Waals surface area contributed by atoms with E-state index in [1.54, 1.807) is 24.5 Å². The van der Waals surface area contributed by atoms with E-state index in [4.69, 9.17) is 4.74 Å². The van der Waals surface area contributed by atoms with Crippen molar-refractivity contribution in [3.63, 3.8) is 0 Å². The van der Waals surface area contributed by atoms with Crippen molar-refractivity contribution in [2.75, 3.05) is 7.11 Å². The first-order valence-corrected chi connectivity index (χ1v) is 11.1. The molecule has 0 saturated carbocycles. The number of nitro groups is 1. The van der Waals surface area contributed by atoms with Gasteiger partial charge < -0.3 is 4.74 Å². The Hall–Kier alpha value is -3.30. The topological polar surface area (TPSA) is 103 Å². The SMILES string of the molecule is CCc1ccc(CN(Cc2cccnc2)S(=O)(=O)c2ccc(OC)c([N+](=O)[O-])c2)cc1. The largest absolute Gasteiger partial charge is 0.490 e. The van der Waals surface area contributed by atoms with Crippen LogP contribution in [0.5, 0.6) is 5.75 Å². The zero-order valence-corrected chi connectivity index (χ0v) is 18.1. The van der Waals surface area contributed by atoms with Gasteiger partial charge in [0.1, 0.15) is 0 Å². The predicted molar refractivity (Wildman–Crippen MR) is 116 cm³/mol. The van der Waals surface area contributed by atoms with Crippen molar-refractivity contribution in [2.45, 2.75) is 31.3 Å². The molecular weight excluding hydrogens is 418 g/mol. The third-order valence-corrected chi connectivity index (χ3v) is 6.64. The van der Waals surface area contributed by atoms with Gasteiger partial charge in [0.15, 0.2) is 5.75 Å². The molecule has 31 heavy (non-hydrogen) atoms. The lowest BCUT2D eigenvalue weighted by molar-refractivity contribution is -0.386. The van der Waals surface area contributed by atoms with E-state index in [0.717, 1.165) is 23.6 Å². The normalized spacial score (nSPS) is 11.5. The van der Waals surface area contributed by atoms with Crippen LogP contribution in [0.3, 0.4) is 0 Å². The molecule has 162 valence electrons. The number of ether oxygens (including phenoxy) is 1. The molecule has 0 radical (unpaired) electrons. The van der Waals surface area contributed by atoms with Gasteiger partial charge in [0.2, 0.25) is 10.0 Å². The Bertz CT molecular complexity index is 1150. The van der Waals surface area contributed by atoms with Gasteiger partial charge in [-0.2, -0.15) is 4.31 Å². The molecule has 0 aliphatic heterocycles. The van der Waals surface area contributed by atoms with Crippen LogP contribution < -0.4 is 4.74 Å². The zero-order chi connectivity index (χ0) is 22.4. The second kappa shape index (κ2) is 9.67. The minimum absolute atomic E-state index is 0.00193. The number of nitrogens with zero attached hydrogens (tertiary/aromatic N) is 3. The van der Waals surface area contributed by atoms with E-state index in [1.165, 1.54) is 23.5 Å². The van der Waals surface area contributed by atoms with Crippen molar-refractivity contribution in [1.82, 2.24) is 9.29 Å². The van der Waals surface area contributed by atoms with Crippen LogP contribution in [0, 0.1) is 10.1 Å². The molecule has 1 aromatic heterocycles. The molecule has 0 spiro atoms. The number of hydrogen-bond donors (Lipinski definition) is 0. The summed E-state index contributed by atoms with van der Waals surface area (Å²) in [4.78, 5) is 14.6. The van der Waals surface area contributed by atoms with Gasteiger partial charge in [-0.25, -0.2) is 8.42 Å². The first kappa shape index (κ1) is 22.4. The first-order valence-electron chi connectivity index (χ1n) is 9.64. The van der Waals surface area contributed by atoms with Crippen LogP contribution in [0.1, 0.15) is 23.6 Å². The summed E-state index contributed by atoms with van der Waals surface area (Å²) in [5.74, 6) is -0.00193. The zero-order valence-electron chi connectivity index (χ0n) is 17.3.